The minimum atomic E-state index is -2.03. The lowest BCUT2D eigenvalue weighted by atomic mass is 10.1. The first-order valence-electron chi connectivity index (χ1n) is 4.95. The SMILES string of the molecule is CC[PH](=O)OC(O)CCCCCC#N. The van der Waals surface area contributed by atoms with Gasteiger partial charge in [-0.25, -0.2) is 0 Å². The first kappa shape index (κ1) is 13.6. The summed E-state index contributed by atoms with van der Waals surface area (Å²) in [4.78, 5) is 0. The molecule has 0 amide bonds. The number of hydrogen-bond donors (Lipinski definition) is 1. The van der Waals surface area contributed by atoms with Gasteiger partial charge >= 0.3 is 0 Å². The average Bonchev–Trinajstić information content (AvgIpc) is 2.17. The van der Waals surface area contributed by atoms with Crippen LogP contribution in [0, 0.1) is 11.3 Å². The molecule has 4 nitrogen and oxygen atoms in total. The highest BCUT2D eigenvalue weighted by atomic mass is 31.1. The predicted molar refractivity (Wildman–Crippen MR) is 55.3 cm³/mol. The van der Waals surface area contributed by atoms with Gasteiger partial charge in [0.2, 0.25) is 0 Å². The van der Waals surface area contributed by atoms with Crippen LogP contribution in [0.25, 0.3) is 0 Å². The molecule has 0 heterocycles. The summed E-state index contributed by atoms with van der Waals surface area (Å²) in [5.41, 5.74) is 0. The normalized spacial score (nSPS) is 14.6. The Bertz CT molecular complexity index is 203. The van der Waals surface area contributed by atoms with Crippen molar-refractivity contribution in [2.24, 2.45) is 0 Å². The van der Waals surface area contributed by atoms with Gasteiger partial charge in [-0.3, -0.25) is 4.57 Å². The van der Waals surface area contributed by atoms with E-state index in [0.717, 1.165) is 19.3 Å². The van der Waals surface area contributed by atoms with Gasteiger partial charge in [-0.05, 0) is 19.3 Å². The van der Waals surface area contributed by atoms with E-state index in [-0.39, 0.29) is 0 Å². The maximum atomic E-state index is 10.9. The highest BCUT2D eigenvalue weighted by molar-refractivity contribution is 7.39. The van der Waals surface area contributed by atoms with Crippen LogP contribution in [0.2, 0.25) is 0 Å². The van der Waals surface area contributed by atoms with Gasteiger partial charge in [0, 0.05) is 12.6 Å². The molecule has 2 unspecified atom stereocenters. The Morgan fingerprint density at radius 3 is 2.79 bits per heavy atom. The van der Waals surface area contributed by atoms with Crippen LogP contribution in [0.3, 0.4) is 0 Å². The van der Waals surface area contributed by atoms with Crippen LogP contribution >= 0.6 is 8.03 Å². The van der Waals surface area contributed by atoms with Crippen molar-refractivity contribution in [1.82, 2.24) is 0 Å². The van der Waals surface area contributed by atoms with Gasteiger partial charge in [0.1, 0.15) is 0 Å². The second kappa shape index (κ2) is 9.21. The summed E-state index contributed by atoms with van der Waals surface area (Å²) in [5.74, 6) is 0. The van der Waals surface area contributed by atoms with Crippen molar-refractivity contribution in [2.45, 2.75) is 45.3 Å². The van der Waals surface area contributed by atoms with Gasteiger partial charge < -0.3 is 9.63 Å². The van der Waals surface area contributed by atoms with Crippen molar-refractivity contribution >= 4 is 8.03 Å². The zero-order valence-corrected chi connectivity index (χ0v) is 9.53. The number of unbranched alkanes of at least 4 members (excludes halogenated alkanes) is 3. The van der Waals surface area contributed by atoms with Gasteiger partial charge in [-0.1, -0.05) is 13.3 Å². The minimum Gasteiger partial charge on any atom is -0.368 e. The third-order valence-electron chi connectivity index (χ3n) is 1.80. The summed E-state index contributed by atoms with van der Waals surface area (Å²) in [6.07, 6.45) is 3.19. The summed E-state index contributed by atoms with van der Waals surface area (Å²) in [7, 11) is -2.03. The first-order valence-corrected chi connectivity index (χ1v) is 6.47. The molecule has 1 N–H and O–H groups in total. The summed E-state index contributed by atoms with van der Waals surface area (Å²) in [6.45, 7) is 1.76. The first-order chi connectivity index (χ1) is 6.70. The van der Waals surface area contributed by atoms with Crippen LogP contribution in [0.5, 0.6) is 0 Å². The molecule has 0 saturated carbocycles. The van der Waals surface area contributed by atoms with Gasteiger partial charge in [0.25, 0.3) is 0 Å². The Balaban J connectivity index is 3.31. The zero-order chi connectivity index (χ0) is 10.8. The number of nitrogens with zero attached hydrogens (tertiary/aromatic N) is 1. The summed E-state index contributed by atoms with van der Waals surface area (Å²) >= 11 is 0. The molecule has 0 saturated heterocycles. The fraction of sp³-hybridized carbons (Fsp3) is 0.889. The van der Waals surface area contributed by atoms with Crippen LogP contribution in [0.4, 0.5) is 0 Å². The number of rotatable bonds is 8. The van der Waals surface area contributed by atoms with Gasteiger partial charge in [-0.2, -0.15) is 5.26 Å². The number of aliphatic hydroxyl groups excluding tert-OH is 1. The molecule has 0 aromatic heterocycles. The molecular formula is C9H18NO3P. The van der Waals surface area contributed by atoms with Crippen molar-refractivity contribution < 1.29 is 14.2 Å². The molecule has 0 rings (SSSR count). The van der Waals surface area contributed by atoms with E-state index in [2.05, 4.69) is 6.07 Å². The van der Waals surface area contributed by atoms with Crippen molar-refractivity contribution in [3.63, 3.8) is 0 Å². The largest absolute Gasteiger partial charge is 0.368 e. The van der Waals surface area contributed by atoms with E-state index in [9.17, 15) is 9.67 Å². The van der Waals surface area contributed by atoms with E-state index in [0.29, 0.717) is 19.0 Å². The molecule has 5 heteroatoms. The van der Waals surface area contributed by atoms with Crippen LogP contribution in [0.1, 0.15) is 39.0 Å². The predicted octanol–water partition coefficient (Wildman–Crippen LogP) is 2.29. The van der Waals surface area contributed by atoms with Crippen molar-refractivity contribution in [1.29, 1.82) is 5.26 Å². The molecule has 0 radical (unpaired) electrons. The quantitative estimate of drug-likeness (QED) is 0.386. The van der Waals surface area contributed by atoms with Crippen LogP contribution in [-0.2, 0) is 9.09 Å². The molecule has 0 spiro atoms. The Morgan fingerprint density at radius 2 is 2.21 bits per heavy atom. The number of hydrogen-bond acceptors (Lipinski definition) is 4. The Labute approximate surface area is 85.8 Å². The molecule has 0 fully saturated rings. The smallest absolute Gasteiger partial charge is 0.193 e. The molecule has 2 atom stereocenters. The second-order valence-electron chi connectivity index (χ2n) is 3.06. The molecule has 0 aliphatic carbocycles. The van der Waals surface area contributed by atoms with E-state index in [1.165, 1.54) is 0 Å². The van der Waals surface area contributed by atoms with E-state index < -0.39 is 14.3 Å². The lowest BCUT2D eigenvalue weighted by Crippen LogP contribution is -2.07. The van der Waals surface area contributed by atoms with Crippen LogP contribution < -0.4 is 0 Å². The van der Waals surface area contributed by atoms with Crippen LogP contribution in [0.15, 0.2) is 0 Å². The molecular weight excluding hydrogens is 201 g/mol. The fourth-order valence-corrected chi connectivity index (χ4v) is 1.58. The van der Waals surface area contributed by atoms with Crippen molar-refractivity contribution in [3.05, 3.63) is 0 Å². The molecule has 0 aliphatic rings. The zero-order valence-electron chi connectivity index (χ0n) is 8.53. The third kappa shape index (κ3) is 8.25. The van der Waals surface area contributed by atoms with E-state index in [1.807, 2.05) is 0 Å². The van der Waals surface area contributed by atoms with E-state index in [1.54, 1.807) is 6.92 Å². The molecule has 0 aliphatic heterocycles. The Hall–Kier alpha value is -0.360. The molecule has 0 bridgehead atoms. The molecule has 0 aromatic rings. The van der Waals surface area contributed by atoms with E-state index >= 15 is 0 Å². The minimum absolute atomic E-state index is 0.468. The van der Waals surface area contributed by atoms with E-state index in [4.69, 9.17) is 9.79 Å². The highest BCUT2D eigenvalue weighted by Gasteiger charge is 2.06. The third-order valence-corrected chi connectivity index (χ3v) is 2.91. The van der Waals surface area contributed by atoms with Gasteiger partial charge in [0.15, 0.2) is 14.3 Å². The lowest BCUT2D eigenvalue weighted by molar-refractivity contribution is -0.0183. The summed E-state index contributed by atoms with van der Waals surface area (Å²) < 4.78 is 15.8. The van der Waals surface area contributed by atoms with Crippen molar-refractivity contribution in [3.8, 4) is 6.07 Å². The second-order valence-corrected chi connectivity index (χ2v) is 4.74. The maximum Gasteiger partial charge on any atom is 0.193 e. The fourth-order valence-electron chi connectivity index (χ4n) is 0.994. The van der Waals surface area contributed by atoms with Gasteiger partial charge in [0.05, 0.1) is 6.07 Å². The van der Waals surface area contributed by atoms with Gasteiger partial charge in [-0.15, -0.1) is 0 Å². The Morgan fingerprint density at radius 1 is 1.50 bits per heavy atom. The summed E-state index contributed by atoms with van der Waals surface area (Å²) in [6, 6.07) is 2.06. The average molecular weight is 219 g/mol. The standard InChI is InChI=1S/C9H18NO3P/c1-2-14(12)13-9(11)7-5-3-4-6-8-10/h9,11,14H,2-7H2,1H3. The highest BCUT2D eigenvalue weighted by Crippen LogP contribution is 2.24. The lowest BCUT2D eigenvalue weighted by Gasteiger charge is -2.09. The topological polar surface area (TPSA) is 70.3 Å². The summed E-state index contributed by atoms with van der Waals surface area (Å²) in [5, 5.41) is 17.5. The number of aliphatic hydroxyl groups is 1. The molecule has 0 aromatic carbocycles. The number of nitriles is 1. The molecule has 14 heavy (non-hydrogen) atoms. The van der Waals surface area contributed by atoms with Crippen LogP contribution in [-0.4, -0.2) is 17.6 Å². The monoisotopic (exact) mass is 219 g/mol. The maximum absolute atomic E-state index is 10.9. The molecule has 82 valence electrons. The Kier molecular flexibility index (Phi) is 8.97. The van der Waals surface area contributed by atoms with Crippen molar-refractivity contribution in [2.75, 3.05) is 6.16 Å².